The zero-order chi connectivity index (χ0) is 30.3. The predicted octanol–water partition coefficient (Wildman–Crippen LogP) is 6.22. The first kappa shape index (κ1) is 28.6. The molecule has 1 amide bonds. The molecule has 1 unspecified atom stereocenters. The van der Waals surface area contributed by atoms with Gasteiger partial charge in [0.1, 0.15) is 39.0 Å². The molecule has 12 nitrogen and oxygen atoms in total. The molecule has 0 aliphatic carbocycles. The Bertz CT molecular complexity index is 1830. The van der Waals surface area contributed by atoms with E-state index in [-0.39, 0.29) is 5.97 Å². The second-order valence-corrected chi connectivity index (χ2v) is 12.3. The van der Waals surface area contributed by atoms with Crippen molar-refractivity contribution in [3.63, 3.8) is 0 Å². The summed E-state index contributed by atoms with van der Waals surface area (Å²) in [5.41, 5.74) is 4.16. The van der Waals surface area contributed by atoms with Crippen molar-refractivity contribution < 1.29 is 23.8 Å². The van der Waals surface area contributed by atoms with Crippen molar-refractivity contribution in [1.82, 2.24) is 29.3 Å². The van der Waals surface area contributed by atoms with E-state index in [1.807, 2.05) is 58.2 Å². The van der Waals surface area contributed by atoms with Gasteiger partial charge in [-0.15, -0.1) is 0 Å². The molecule has 1 N–H and O–H groups in total. The van der Waals surface area contributed by atoms with Crippen LogP contribution in [-0.2, 0) is 20.8 Å². The van der Waals surface area contributed by atoms with E-state index in [1.54, 1.807) is 10.9 Å². The molecule has 0 saturated carbocycles. The first-order valence-corrected chi connectivity index (χ1v) is 15.0. The van der Waals surface area contributed by atoms with Gasteiger partial charge in [-0.3, -0.25) is 10.00 Å². The number of ether oxygens (including phenoxy) is 3. The largest absolute Gasteiger partial charge is 0.491 e. The number of amides is 1. The molecule has 1 aliphatic heterocycles. The number of aromatic nitrogens is 6. The maximum Gasteiger partial charge on any atom is 0.413 e. The van der Waals surface area contributed by atoms with Crippen LogP contribution in [0.2, 0.25) is 0 Å². The molecular weight excluding hydrogens is 570 g/mol. The highest BCUT2D eigenvalue weighted by atomic mass is 32.1. The Kier molecular flexibility index (Phi) is 7.50. The average Bonchev–Trinajstić information content (AvgIpc) is 3.67. The van der Waals surface area contributed by atoms with Crippen molar-refractivity contribution in [2.24, 2.45) is 0 Å². The summed E-state index contributed by atoms with van der Waals surface area (Å²) in [6.45, 7) is 8.72. The highest BCUT2D eigenvalue weighted by Gasteiger charge is 2.24. The fourth-order valence-corrected chi connectivity index (χ4v) is 5.94. The highest BCUT2D eigenvalue weighted by molar-refractivity contribution is 7.21. The van der Waals surface area contributed by atoms with E-state index < -0.39 is 17.7 Å². The number of hydrogen-bond donors (Lipinski definition) is 1. The number of pyridine rings is 1. The highest BCUT2D eigenvalue weighted by Crippen LogP contribution is 2.37. The maximum atomic E-state index is 12.3. The van der Waals surface area contributed by atoms with Crippen molar-refractivity contribution in [3.05, 3.63) is 36.7 Å². The van der Waals surface area contributed by atoms with Gasteiger partial charge in [0, 0.05) is 18.3 Å². The van der Waals surface area contributed by atoms with Gasteiger partial charge in [0.15, 0.2) is 11.0 Å². The molecule has 4 aromatic heterocycles. The summed E-state index contributed by atoms with van der Waals surface area (Å²) in [5.74, 6) is 1.13. The van der Waals surface area contributed by atoms with Gasteiger partial charge < -0.3 is 18.8 Å². The number of thiazole rings is 1. The molecule has 6 rings (SSSR count). The molecule has 1 aliphatic rings. The van der Waals surface area contributed by atoms with Crippen molar-refractivity contribution >= 4 is 49.9 Å². The Morgan fingerprint density at radius 3 is 2.72 bits per heavy atom. The minimum absolute atomic E-state index is 0.333. The molecular formula is C30H33N7O5S. The SMILES string of the molecule is CCC(C(=O)OC)n1cc(-c2cc3c4c(c2)nc(-c2ccc5nc(NC(=O)OC(C)(C)C)sc5n2)n4CCCCO3)cn1. The smallest absolute Gasteiger partial charge is 0.413 e. The summed E-state index contributed by atoms with van der Waals surface area (Å²) in [4.78, 5) is 39.6. The van der Waals surface area contributed by atoms with Crippen LogP contribution < -0.4 is 10.1 Å². The van der Waals surface area contributed by atoms with Gasteiger partial charge in [0.2, 0.25) is 0 Å². The third-order valence-electron chi connectivity index (χ3n) is 7.05. The number of nitrogens with one attached hydrogen (secondary N) is 1. The number of hydrogen-bond acceptors (Lipinski definition) is 10. The zero-order valence-electron chi connectivity index (χ0n) is 24.7. The fraction of sp³-hybridized carbons (Fsp3) is 0.400. The Labute approximate surface area is 252 Å². The van der Waals surface area contributed by atoms with Crippen LogP contribution >= 0.6 is 11.3 Å². The van der Waals surface area contributed by atoms with E-state index >= 15 is 0 Å². The Morgan fingerprint density at radius 2 is 1.95 bits per heavy atom. The Hall–Kier alpha value is -4.52. The normalized spacial score (nSPS) is 14.2. The molecule has 0 bridgehead atoms. The quantitative estimate of drug-likeness (QED) is 0.225. The van der Waals surface area contributed by atoms with Gasteiger partial charge in [-0.2, -0.15) is 5.10 Å². The number of nitrogens with zero attached hydrogens (tertiary/aromatic N) is 6. The van der Waals surface area contributed by atoms with Crippen LogP contribution in [0.15, 0.2) is 36.7 Å². The van der Waals surface area contributed by atoms with Gasteiger partial charge in [0.05, 0.1) is 25.4 Å². The van der Waals surface area contributed by atoms with Crippen molar-refractivity contribution in [1.29, 1.82) is 0 Å². The molecule has 13 heteroatoms. The number of imidazole rings is 1. The zero-order valence-corrected chi connectivity index (χ0v) is 25.5. The molecule has 5 heterocycles. The number of anilines is 1. The van der Waals surface area contributed by atoms with Gasteiger partial charge in [-0.25, -0.2) is 24.5 Å². The van der Waals surface area contributed by atoms with Crippen molar-refractivity contribution in [2.75, 3.05) is 19.0 Å². The summed E-state index contributed by atoms with van der Waals surface area (Å²) in [6, 6.07) is 7.30. The van der Waals surface area contributed by atoms with E-state index in [2.05, 4.69) is 20.0 Å². The third-order valence-corrected chi connectivity index (χ3v) is 7.93. The lowest BCUT2D eigenvalue weighted by atomic mass is 10.1. The predicted molar refractivity (Wildman–Crippen MR) is 163 cm³/mol. The van der Waals surface area contributed by atoms with E-state index in [0.29, 0.717) is 34.2 Å². The van der Waals surface area contributed by atoms with Crippen LogP contribution in [0.4, 0.5) is 9.93 Å². The summed E-state index contributed by atoms with van der Waals surface area (Å²) in [6.07, 6.45) is 5.42. The topological polar surface area (TPSA) is 135 Å². The van der Waals surface area contributed by atoms with Gasteiger partial charge in [-0.05, 0) is 69.9 Å². The number of esters is 1. The first-order chi connectivity index (χ1) is 20.6. The van der Waals surface area contributed by atoms with Crippen LogP contribution in [0.3, 0.4) is 0 Å². The van der Waals surface area contributed by atoms with E-state index in [0.717, 1.165) is 53.1 Å². The number of carbonyl (C=O) groups is 2. The fourth-order valence-electron chi connectivity index (χ4n) is 5.12. The second kappa shape index (κ2) is 11.3. The molecule has 1 aromatic carbocycles. The molecule has 43 heavy (non-hydrogen) atoms. The minimum atomic E-state index is -0.613. The number of benzene rings is 1. The molecule has 0 saturated heterocycles. The van der Waals surface area contributed by atoms with Gasteiger partial charge in [-0.1, -0.05) is 18.3 Å². The van der Waals surface area contributed by atoms with Crippen molar-refractivity contribution in [3.8, 4) is 28.4 Å². The maximum absolute atomic E-state index is 12.3. The summed E-state index contributed by atoms with van der Waals surface area (Å²) < 4.78 is 20.4. The minimum Gasteiger partial charge on any atom is -0.491 e. The lowest BCUT2D eigenvalue weighted by Crippen LogP contribution is -2.27. The standard InChI is InChI=1S/C30H33N7O5S/c1-6-22(27(38)40-5)37-16-18(15-31-37)17-13-21-24-23(14-17)41-12-8-7-11-36(24)25(32-21)19-9-10-20-26(33-19)43-28(34-20)35-29(39)42-30(2,3)4/h9-10,13-16,22H,6-8,11-12H2,1-5H3,(H,34,35,39). The molecule has 1 atom stereocenters. The molecule has 0 spiro atoms. The average molecular weight is 604 g/mol. The van der Waals surface area contributed by atoms with E-state index in [1.165, 1.54) is 18.4 Å². The number of rotatable bonds is 6. The lowest BCUT2D eigenvalue weighted by Gasteiger charge is -2.18. The monoisotopic (exact) mass is 603 g/mol. The molecule has 5 aromatic rings. The number of aryl methyl sites for hydroxylation is 1. The van der Waals surface area contributed by atoms with Crippen LogP contribution in [0.1, 0.15) is 53.0 Å². The van der Waals surface area contributed by atoms with E-state index in [9.17, 15) is 9.59 Å². The summed E-state index contributed by atoms with van der Waals surface area (Å²) in [7, 11) is 1.38. The van der Waals surface area contributed by atoms with Gasteiger partial charge in [0.25, 0.3) is 0 Å². The Balaban J connectivity index is 1.38. The van der Waals surface area contributed by atoms with Crippen LogP contribution in [0.5, 0.6) is 5.75 Å². The number of methoxy groups -OCH3 is 1. The molecule has 224 valence electrons. The van der Waals surface area contributed by atoms with Gasteiger partial charge >= 0.3 is 12.1 Å². The molecule has 0 fully saturated rings. The Morgan fingerprint density at radius 1 is 1.12 bits per heavy atom. The van der Waals surface area contributed by atoms with E-state index in [4.69, 9.17) is 24.2 Å². The number of carbonyl (C=O) groups excluding carboxylic acids is 2. The summed E-state index contributed by atoms with van der Waals surface area (Å²) >= 11 is 1.28. The first-order valence-electron chi connectivity index (χ1n) is 14.2. The molecule has 0 radical (unpaired) electrons. The second-order valence-electron chi connectivity index (χ2n) is 11.3. The van der Waals surface area contributed by atoms with Crippen molar-refractivity contribution in [2.45, 2.75) is 65.1 Å². The van der Waals surface area contributed by atoms with Crippen LogP contribution in [-0.4, -0.2) is 60.7 Å². The number of fused-ring (bicyclic) bond motifs is 1. The lowest BCUT2D eigenvalue weighted by molar-refractivity contribution is -0.145. The van der Waals surface area contributed by atoms with Crippen LogP contribution in [0, 0.1) is 0 Å². The summed E-state index contributed by atoms with van der Waals surface area (Å²) in [5, 5.41) is 7.57. The third kappa shape index (κ3) is 5.76. The van der Waals surface area contributed by atoms with Crippen LogP contribution in [0.25, 0.3) is 44.0 Å².